The number of rotatable bonds is 3. The highest BCUT2D eigenvalue weighted by atomic mass is 32.2. The quantitative estimate of drug-likeness (QED) is 0.832. The lowest BCUT2D eigenvalue weighted by molar-refractivity contribution is 0.0602. The summed E-state index contributed by atoms with van der Waals surface area (Å²) in [7, 11) is -2.43. The predicted octanol–water partition coefficient (Wildman–Crippen LogP) is 1.20. The topological polar surface area (TPSA) is 89.7 Å². The van der Waals surface area contributed by atoms with Crippen molar-refractivity contribution in [3.8, 4) is 0 Å². The summed E-state index contributed by atoms with van der Waals surface area (Å²) < 4.78 is 32.2. The first-order valence-corrected chi connectivity index (χ1v) is 9.60. The Balaban J connectivity index is 1.95. The van der Waals surface area contributed by atoms with Gasteiger partial charge in [0.05, 0.1) is 7.11 Å². The predicted molar refractivity (Wildman–Crippen MR) is 83.3 cm³/mol. The number of aryl methyl sites for hydroxylation is 1. The van der Waals surface area contributed by atoms with E-state index in [1.54, 1.807) is 12.3 Å². The lowest BCUT2D eigenvalue weighted by Gasteiger charge is -2.19. The molecular weight excluding hydrogens is 324 g/mol. The number of hydrogen-bond acceptors (Lipinski definition) is 6. The third-order valence-corrected chi connectivity index (χ3v) is 7.99. The first-order chi connectivity index (χ1) is 10.4. The van der Waals surface area contributed by atoms with Crippen LogP contribution in [0.15, 0.2) is 10.3 Å². The maximum atomic E-state index is 13.0. The third kappa shape index (κ3) is 2.38. The van der Waals surface area contributed by atoms with Gasteiger partial charge in [-0.05, 0) is 42.5 Å². The Kier molecular flexibility index (Phi) is 4.05. The highest BCUT2D eigenvalue weighted by Crippen LogP contribution is 2.40. The van der Waals surface area contributed by atoms with Gasteiger partial charge in [0.2, 0.25) is 10.0 Å². The Bertz CT molecular complexity index is 698. The van der Waals surface area contributed by atoms with Crippen LogP contribution in [0.2, 0.25) is 0 Å². The van der Waals surface area contributed by atoms with E-state index in [4.69, 9.17) is 10.5 Å². The zero-order valence-corrected chi connectivity index (χ0v) is 14.2. The van der Waals surface area contributed by atoms with E-state index in [-0.39, 0.29) is 21.7 Å². The second kappa shape index (κ2) is 5.59. The largest absolute Gasteiger partial charge is 0.465 e. The number of esters is 1. The van der Waals surface area contributed by atoms with E-state index < -0.39 is 16.0 Å². The van der Waals surface area contributed by atoms with Crippen LogP contribution >= 0.6 is 11.3 Å². The monoisotopic (exact) mass is 344 g/mol. The van der Waals surface area contributed by atoms with Crippen LogP contribution in [0, 0.1) is 18.8 Å². The summed E-state index contributed by atoms with van der Waals surface area (Å²) in [5.41, 5.74) is 6.67. The van der Waals surface area contributed by atoms with Gasteiger partial charge in [-0.1, -0.05) is 0 Å². The molecule has 1 aliphatic carbocycles. The minimum atomic E-state index is -3.69. The van der Waals surface area contributed by atoms with E-state index in [0.29, 0.717) is 24.6 Å². The molecule has 2 aliphatic rings. The van der Waals surface area contributed by atoms with Crippen LogP contribution in [0.4, 0.5) is 0 Å². The SMILES string of the molecule is COC(=O)c1scc(C)c1S(=O)(=O)N1CC2CCC(N)C2C1. The standard InChI is InChI=1S/C14H20N2O4S2/c1-8-7-21-12(14(17)20-2)13(8)22(18,19)16-5-9-3-4-11(15)10(9)6-16/h7,9-11H,3-6,15H2,1-2H3. The molecule has 0 spiro atoms. The number of methoxy groups -OCH3 is 1. The van der Waals surface area contributed by atoms with Gasteiger partial charge in [0.25, 0.3) is 0 Å². The first-order valence-electron chi connectivity index (χ1n) is 7.28. The summed E-state index contributed by atoms with van der Waals surface area (Å²) >= 11 is 1.11. The number of fused-ring (bicyclic) bond motifs is 1. The van der Waals surface area contributed by atoms with E-state index >= 15 is 0 Å². The van der Waals surface area contributed by atoms with Crippen molar-refractivity contribution in [2.45, 2.75) is 30.7 Å². The summed E-state index contributed by atoms with van der Waals surface area (Å²) in [5, 5.41) is 1.68. The normalized spacial score (nSPS) is 28.8. The van der Waals surface area contributed by atoms with Crippen LogP contribution in [0.5, 0.6) is 0 Å². The van der Waals surface area contributed by atoms with Crippen LogP contribution in [0.3, 0.4) is 0 Å². The van der Waals surface area contributed by atoms with E-state index in [1.807, 2.05) is 0 Å². The van der Waals surface area contributed by atoms with Crippen molar-refractivity contribution < 1.29 is 17.9 Å². The van der Waals surface area contributed by atoms with Gasteiger partial charge in [-0.2, -0.15) is 4.31 Å². The van der Waals surface area contributed by atoms with Gasteiger partial charge in [0.1, 0.15) is 9.77 Å². The lowest BCUT2D eigenvalue weighted by Crippen LogP contribution is -2.34. The summed E-state index contributed by atoms with van der Waals surface area (Å²) in [4.78, 5) is 12.1. The molecule has 0 radical (unpaired) electrons. The molecule has 0 amide bonds. The summed E-state index contributed by atoms with van der Waals surface area (Å²) in [5.74, 6) is -0.0339. The molecule has 122 valence electrons. The molecular formula is C14H20N2O4S2. The lowest BCUT2D eigenvalue weighted by atomic mass is 9.98. The molecule has 2 fully saturated rings. The maximum Gasteiger partial charge on any atom is 0.349 e. The molecule has 1 aromatic rings. The summed E-state index contributed by atoms with van der Waals surface area (Å²) in [6.45, 7) is 2.65. The molecule has 8 heteroatoms. The number of ether oxygens (including phenoxy) is 1. The average Bonchev–Trinajstić information content (AvgIpc) is 3.14. The molecule has 1 saturated heterocycles. The highest BCUT2D eigenvalue weighted by molar-refractivity contribution is 7.89. The number of hydrogen-bond donors (Lipinski definition) is 1. The van der Waals surface area contributed by atoms with Crippen LogP contribution in [-0.2, 0) is 14.8 Å². The molecule has 1 aliphatic heterocycles. The summed E-state index contributed by atoms with van der Waals surface area (Å²) in [6, 6.07) is 0.0776. The number of nitrogens with zero attached hydrogens (tertiary/aromatic N) is 1. The van der Waals surface area contributed by atoms with Gasteiger partial charge >= 0.3 is 5.97 Å². The maximum absolute atomic E-state index is 13.0. The zero-order chi connectivity index (χ0) is 16.1. The van der Waals surface area contributed by atoms with E-state index in [9.17, 15) is 13.2 Å². The Labute approximate surface area is 134 Å². The number of thiophene rings is 1. The highest BCUT2D eigenvalue weighted by Gasteiger charge is 2.46. The number of carbonyl (C=O) groups is 1. The van der Waals surface area contributed by atoms with Gasteiger partial charge in [0.15, 0.2) is 0 Å². The molecule has 0 bridgehead atoms. The first kappa shape index (κ1) is 15.9. The number of carbonyl (C=O) groups excluding carboxylic acids is 1. The smallest absolute Gasteiger partial charge is 0.349 e. The van der Waals surface area contributed by atoms with Crippen molar-refractivity contribution >= 4 is 27.3 Å². The molecule has 22 heavy (non-hydrogen) atoms. The van der Waals surface area contributed by atoms with Crippen molar-refractivity contribution in [3.63, 3.8) is 0 Å². The van der Waals surface area contributed by atoms with Gasteiger partial charge in [-0.25, -0.2) is 13.2 Å². The van der Waals surface area contributed by atoms with E-state index in [1.165, 1.54) is 11.4 Å². The van der Waals surface area contributed by atoms with Crippen LogP contribution in [0.25, 0.3) is 0 Å². The fourth-order valence-corrected chi connectivity index (χ4v) is 6.77. The van der Waals surface area contributed by atoms with Crippen LogP contribution < -0.4 is 5.73 Å². The van der Waals surface area contributed by atoms with Gasteiger partial charge in [0, 0.05) is 19.1 Å². The van der Waals surface area contributed by atoms with E-state index in [0.717, 1.165) is 24.2 Å². The second-order valence-corrected chi connectivity index (χ2v) is 8.81. The second-order valence-electron chi connectivity index (χ2n) is 6.06. The molecule has 1 aromatic heterocycles. The van der Waals surface area contributed by atoms with Crippen molar-refractivity contribution in [1.29, 1.82) is 0 Å². The molecule has 0 aromatic carbocycles. The molecule has 3 unspecified atom stereocenters. The van der Waals surface area contributed by atoms with Crippen molar-refractivity contribution in [3.05, 3.63) is 15.8 Å². The minimum Gasteiger partial charge on any atom is -0.465 e. The minimum absolute atomic E-state index is 0.0776. The summed E-state index contributed by atoms with van der Waals surface area (Å²) in [6.07, 6.45) is 1.94. The van der Waals surface area contributed by atoms with Gasteiger partial charge in [-0.15, -0.1) is 11.3 Å². The van der Waals surface area contributed by atoms with Gasteiger partial charge < -0.3 is 10.5 Å². The Morgan fingerprint density at radius 2 is 2.14 bits per heavy atom. The molecule has 1 saturated carbocycles. The van der Waals surface area contributed by atoms with Crippen molar-refractivity contribution in [2.24, 2.45) is 17.6 Å². The van der Waals surface area contributed by atoms with Crippen LogP contribution in [-0.4, -0.2) is 44.9 Å². The van der Waals surface area contributed by atoms with Gasteiger partial charge in [-0.3, -0.25) is 0 Å². The number of sulfonamides is 1. The van der Waals surface area contributed by atoms with E-state index in [2.05, 4.69) is 0 Å². The van der Waals surface area contributed by atoms with Crippen LogP contribution in [0.1, 0.15) is 28.1 Å². The molecule has 3 atom stereocenters. The third-order valence-electron chi connectivity index (χ3n) is 4.77. The van der Waals surface area contributed by atoms with Crippen molar-refractivity contribution in [1.82, 2.24) is 4.31 Å². The molecule has 2 heterocycles. The zero-order valence-electron chi connectivity index (χ0n) is 12.6. The molecule has 2 N–H and O–H groups in total. The van der Waals surface area contributed by atoms with Crippen molar-refractivity contribution in [2.75, 3.05) is 20.2 Å². The average molecular weight is 344 g/mol. The Hall–Kier alpha value is -0.960. The fraction of sp³-hybridized carbons (Fsp3) is 0.643. The number of nitrogens with two attached hydrogens (primary N) is 1. The molecule has 6 nitrogen and oxygen atoms in total. The fourth-order valence-electron chi connectivity index (χ4n) is 3.58. The molecule has 3 rings (SSSR count). The Morgan fingerprint density at radius 3 is 2.77 bits per heavy atom. The Morgan fingerprint density at radius 1 is 1.41 bits per heavy atom.